The van der Waals surface area contributed by atoms with Crippen LogP contribution in [0.3, 0.4) is 0 Å². The van der Waals surface area contributed by atoms with Crippen LogP contribution in [0.2, 0.25) is 0 Å². The van der Waals surface area contributed by atoms with Gasteiger partial charge in [-0.05, 0) is 36.6 Å². The summed E-state index contributed by atoms with van der Waals surface area (Å²) >= 11 is 0. The number of ether oxygens (including phenoxy) is 1. The molecule has 74 valence electrons. The van der Waals surface area contributed by atoms with Gasteiger partial charge in [-0.1, -0.05) is 17.2 Å². The first-order valence-electron chi connectivity index (χ1n) is 4.45. The van der Waals surface area contributed by atoms with E-state index in [9.17, 15) is 0 Å². The van der Waals surface area contributed by atoms with Crippen LogP contribution < -0.4 is 4.74 Å². The van der Waals surface area contributed by atoms with Gasteiger partial charge in [0.2, 0.25) is 0 Å². The first-order valence-corrected chi connectivity index (χ1v) is 4.45. The molecule has 0 saturated heterocycles. The highest BCUT2D eigenvalue weighted by Crippen LogP contribution is 2.20. The van der Waals surface area contributed by atoms with E-state index in [1.54, 1.807) is 0 Å². The van der Waals surface area contributed by atoms with Gasteiger partial charge in [-0.2, -0.15) is 0 Å². The molecule has 0 bridgehead atoms. The van der Waals surface area contributed by atoms with Gasteiger partial charge < -0.3 is 4.74 Å². The highest BCUT2D eigenvalue weighted by molar-refractivity contribution is 5.38. The molecule has 0 aromatic heterocycles. The molecule has 0 N–H and O–H groups in total. The summed E-state index contributed by atoms with van der Waals surface area (Å²) in [6, 6.07) is 5.90. The predicted octanol–water partition coefficient (Wildman–Crippen LogP) is 2.99. The molecule has 1 aromatic carbocycles. The number of aryl methyl sites for hydroxylation is 1. The SMILES string of the molecule is Cc1cccc(OCCN=[N+]=[N-])c1C. The van der Waals surface area contributed by atoms with Crippen molar-refractivity contribution in [1.29, 1.82) is 0 Å². The first-order chi connectivity index (χ1) is 6.75. The number of benzene rings is 1. The van der Waals surface area contributed by atoms with Crippen molar-refractivity contribution in [3.8, 4) is 5.75 Å². The molecule has 0 amide bonds. The van der Waals surface area contributed by atoms with E-state index in [1.807, 2.05) is 32.0 Å². The van der Waals surface area contributed by atoms with Crippen molar-refractivity contribution in [2.24, 2.45) is 5.11 Å². The molecule has 0 heterocycles. The van der Waals surface area contributed by atoms with E-state index in [0.29, 0.717) is 13.2 Å². The minimum atomic E-state index is 0.365. The number of nitrogens with zero attached hydrogens (tertiary/aromatic N) is 3. The minimum Gasteiger partial charge on any atom is -0.493 e. The Morgan fingerprint density at radius 1 is 1.43 bits per heavy atom. The van der Waals surface area contributed by atoms with Gasteiger partial charge in [-0.15, -0.1) is 0 Å². The van der Waals surface area contributed by atoms with Gasteiger partial charge >= 0.3 is 0 Å². The van der Waals surface area contributed by atoms with E-state index in [4.69, 9.17) is 10.3 Å². The molecule has 0 atom stereocenters. The van der Waals surface area contributed by atoms with Gasteiger partial charge in [0.25, 0.3) is 0 Å². The van der Waals surface area contributed by atoms with Crippen LogP contribution in [0.4, 0.5) is 0 Å². The Morgan fingerprint density at radius 3 is 2.93 bits per heavy atom. The second-order valence-corrected chi connectivity index (χ2v) is 3.00. The van der Waals surface area contributed by atoms with Gasteiger partial charge in [0.15, 0.2) is 0 Å². The van der Waals surface area contributed by atoms with Crippen molar-refractivity contribution >= 4 is 0 Å². The Balaban J connectivity index is 2.58. The summed E-state index contributed by atoms with van der Waals surface area (Å²) in [6.45, 7) is 4.84. The highest BCUT2D eigenvalue weighted by Gasteiger charge is 2.00. The molecule has 1 aromatic rings. The molecule has 0 spiro atoms. The molecule has 0 fully saturated rings. The molecule has 0 aliphatic rings. The molecule has 0 aliphatic heterocycles. The maximum atomic E-state index is 8.06. The van der Waals surface area contributed by atoms with Crippen molar-refractivity contribution in [3.63, 3.8) is 0 Å². The molecule has 0 unspecified atom stereocenters. The quantitative estimate of drug-likeness (QED) is 0.312. The summed E-state index contributed by atoms with van der Waals surface area (Å²) in [4.78, 5) is 2.65. The maximum Gasteiger partial charge on any atom is 0.122 e. The van der Waals surface area contributed by atoms with E-state index >= 15 is 0 Å². The summed E-state index contributed by atoms with van der Waals surface area (Å²) < 4.78 is 5.45. The Hall–Kier alpha value is -1.67. The Morgan fingerprint density at radius 2 is 2.21 bits per heavy atom. The molecular weight excluding hydrogens is 178 g/mol. The summed E-state index contributed by atoms with van der Waals surface area (Å²) in [6.07, 6.45) is 0. The van der Waals surface area contributed by atoms with E-state index in [-0.39, 0.29) is 0 Å². The van der Waals surface area contributed by atoms with Crippen LogP contribution in [0.25, 0.3) is 10.4 Å². The topological polar surface area (TPSA) is 58.0 Å². The molecule has 14 heavy (non-hydrogen) atoms. The van der Waals surface area contributed by atoms with E-state index in [1.165, 1.54) is 5.56 Å². The third-order valence-corrected chi connectivity index (χ3v) is 2.07. The Kier molecular flexibility index (Phi) is 3.83. The number of azide groups is 1. The van der Waals surface area contributed by atoms with Gasteiger partial charge in [0.05, 0.1) is 13.2 Å². The zero-order chi connectivity index (χ0) is 10.4. The van der Waals surface area contributed by atoms with E-state index in [0.717, 1.165) is 11.3 Å². The van der Waals surface area contributed by atoms with Crippen molar-refractivity contribution in [3.05, 3.63) is 39.8 Å². The normalized spacial score (nSPS) is 9.29. The summed E-state index contributed by atoms with van der Waals surface area (Å²) in [5.74, 6) is 0.859. The van der Waals surface area contributed by atoms with Gasteiger partial charge in [0.1, 0.15) is 5.75 Å². The van der Waals surface area contributed by atoms with Crippen LogP contribution in [0.5, 0.6) is 5.75 Å². The number of rotatable bonds is 4. The van der Waals surface area contributed by atoms with Gasteiger partial charge in [0, 0.05) is 4.91 Å². The first kappa shape index (κ1) is 10.4. The van der Waals surface area contributed by atoms with Crippen LogP contribution in [-0.2, 0) is 0 Å². The van der Waals surface area contributed by atoms with Crippen LogP contribution in [0, 0.1) is 13.8 Å². The molecular formula is C10H13N3O. The lowest BCUT2D eigenvalue weighted by atomic mass is 10.1. The van der Waals surface area contributed by atoms with Crippen LogP contribution >= 0.6 is 0 Å². The maximum absolute atomic E-state index is 8.06. The summed E-state index contributed by atoms with van der Waals surface area (Å²) in [5, 5.41) is 3.39. The highest BCUT2D eigenvalue weighted by atomic mass is 16.5. The van der Waals surface area contributed by atoms with Crippen LogP contribution in [-0.4, -0.2) is 13.2 Å². The number of hydrogen-bond donors (Lipinski definition) is 0. The second-order valence-electron chi connectivity index (χ2n) is 3.00. The second kappa shape index (κ2) is 5.14. The molecule has 0 aliphatic carbocycles. The summed E-state index contributed by atoms with van der Waals surface area (Å²) in [5.41, 5.74) is 10.4. The fourth-order valence-electron chi connectivity index (χ4n) is 1.12. The smallest absolute Gasteiger partial charge is 0.122 e. The van der Waals surface area contributed by atoms with Crippen LogP contribution in [0.15, 0.2) is 23.3 Å². The van der Waals surface area contributed by atoms with E-state index < -0.39 is 0 Å². The average Bonchev–Trinajstić information content (AvgIpc) is 2.19. The zero-order valence-corrected chi connectivity index (χ0v) is 8.40. The third-order valence-electron chi connectivity index (χ3n) is 2.07. The van der Waals surface area contributed by atoms with Crippen molar-refractivity contribution < 1.29 is 4.74 Å². The molecule has 0 saturated carbocycles. The van der Waals surface area contributed by atoms with Gasteiger partial charge in [-0.25, -0.2) is 0 Å². The van der Waals surface area contributed by atoms with Gasteiger partial charge in [-0.3, -0.25) is 0 Å². The fraction of sp³-hybridized carbons (Fsp3) is 0.400. The van der Waals surface area contributed by atoms with Crippen LogP contribution in [0.1, 0.15) is 11.1 Å². The lowest BCUT2D eigenvalue weighted by Crippen LogP contribution is -2.01. The average molecular weight is 191 g/mol. The standard InChI is InChI=1S/C10H13N3O/c1-8-4-3-5-10(9(8)2)14-7-6-12-13-11/h3-5H,6-7H2,1-2H3. The molecule has 0 radical (unpaired) electrons. The fourth-order valence-corrected chi connectivity index (χ4v) is 1.12. The van der Waals surface area contributed by atoms with Crippen molar-refractivity contribution in [2.75, 3.05) is 13.2 Å². The molecule has 4 nitrogen and oxygen atoms in total. The summed E-state index contributed by atoms with van der Waals surface area (Å²) in [7, 11) is 0. The number of hydrogen-bond acceptors (Lipinski definition) is 2. The van der Waals surface area contributed by atoms with Crippen molar-refractivity contribution in [1.82, 2.24) is 0 Å². The van der Waals surface area contributed by atoms with E-state index in [2.05, 4.69) is 10.0 Å². The molecule has 1 rings (SSSR count). The Labute approximate surface area is 83.1 Å². The lowest BCUT2D eigenvalue weighted by Gasteiger charge is -2.09. The largest absolute Gasteiger partial charge is 0.493 e. The Bertz CT molecular complexity index is 356. The van der Waals surface area contributed by atoms with Crippen molar-refractivity contribution in [2.45, 2.75) is 13.8 Å². The third kappa shape index (κ3) is 2.68. The predicted molar refractivity (Wildman–Crippen MR) is 55.4 cm³/mol. The zero-order valence-electron chi connectivity index (χ0n) is 8.40. The minimum absolute atomic E-state index is 0.365. The lowest BCUT2D eigenvalue weighted by molar-refractivity contribution is 0.326. The molecule has 4 heteroatoms. The monoisotopic (exact) mass is 191 g/mol.